The van der Waals surface area contributed by atoms with Crippen LogP contribution < -0.4 is 14.4 Å². The summed E-state index contributed by atoms with van der Waals surface area (Å²) in [5.74, 6) is 0.819. The molecular weight excluding hydrogens is 480 g/mol. The van der Waals surface area contributed by atoms with E-state index in [-0.39, 0.29) is 24.0 Å². The van der Waals surface area contributed by atoms with Crippen LogP contribution in [0, 0.1) is 0 Å². The minimum Gasteiger partial charge on any atom is -0.496 e. The Bertz CT molecular complexity index is 1310. The number of benzene rings is 2. The Morgan fingerprint density at radius 3 is 2.47 bits per heavy atom. The van der Waals surface area contributed by atoms with Crippen LogP contribution in [0.2, 0.25) is 0 Å². The van der Waals surface area contributed by atoms with Crippen LogP contribution in [-0.2, 0) is 4.74 Å². The van der Waals surface area contributed by atoms with E-state index in [1.165, 1.54) is 0 Å². The molecule has 2 saturated heterocycles. The summed E-state index contributed by atoms with van der Waals surface area (Å²) in [5.41, 5.74) is 2.05. The molecule has 0 saturated carbocycles. The molecule has 0 spiro atoms. The first-order valence-electron chi connectivity index (χ1n) is 13.1. The number of carbonyl (C=O) groups is 2. The fourth-order valence-corrected chi connectivity index (χ4v) is 5.44. The van der Waals surface area contributed by atoms with E-state index >= 15 is 0 Å². The number of piperazine rings is 1. The van der Waals surface area contributed by atoms with Crippen molar-refractivity contribution in [2.24, 2.45) is 0 Å². The van der Waals surface area contributed by atoms with Gasteiger partial charge in [0, 0.05) is 30.8 Å². The van der Waals surface area contributed by atoms with Gasteiger partial charge in [-0.25, -0.2) is 4.79 Å². The normalized spacial score (nSPS) is 21.4. The summed E-state index contributed by atoms with van der Waals surface area (Å²) in [4.78, 5) is 30.5. The fourth-order valence-electron chi connectivity index (χ4n) is 5.44. The van der Waals surface area contributed by atoms with Crippen molar-refractivity contribution < 1.29 is 23.8 Å². The summed E-state index contributed by atoms with van der Waals surface area (Å²) >= 11 is 0. The lowest BCUT2D eigenvalue weighted by Gasteiger charge is -2.38. The van der Waals surface area contributed by atoms with Crippen molar-refractivity contribution in [3.8, 4) is 11.5 Å². The summed E-state index contributed by atoms with van der Waals surface area (Å²) in [6.45, 7) is 10.9. The fraction of sp³-hybridized carbons (Fsp3) is 0.419. The van der Waals surface area contributed by atoms with Crippen molar-refractivity contribution in [1.29, 1.82) is 0 Å². The first-order chi connectivity index (χ1) is 18.0. The monoisotopic (exact) mass is 516 g/mol. The number of hydrogen-bond donors (Lipinski definition) is 0. The van der Waals surface area contributed by atoms with E-state index in [0.29, 0.717) is 30.2 Å². The van der Waals surface area contributed by atoms with Gasteiger partial charge in [0.1, 0.15) is 28.3 Å². The average Bonchev–Trinajstić information content (AvgIpc) is 3.46. The smallest absolute Gasteiger partial charge is 0.410 e. The number of fused-ring (bicyclic) bond motifs is 3. The quantitative estimate of drug-likeness (QED) is 0.360. The van der Waals surface area contributed by atoms with Crippen molar-refractivity contribution in [3.63, 3.8) is 0 Å². The van der Waals surface area contributed by atoms with Gasteiger partial charge in [0.05, 0.1) is 18.8 Å². The molecule has 38 heavy (non-hydrogen) atoms. The molecule has 0 radical (unpaired) electrons. The molecule has 0 unspecified atom stereocenters. The number of likely N-dealkylation sites (tertiary alicyclic amines) is 1. The predicted octanol–water partition coefficient (Wildman–Crippen LogP) is 5.97. The second-order valence-corrected chi connectivity index (χ2v) is 11.7. The number of anilines is 1. The Hall–Kier alpha value is -3.74. The van der Waals surface area contributed by atoms with Crippen molar-refractivity contribution in [2.75, 3.05) is 25.1 Å². The molecule has 0 N–H and O–H groups in total. The Labute approximate surface area is 224 Å². The zero-order valence-corrected chi connectivity index (χ0v) is 23.0. The van der Waals surface area contributed by atoms with Crippen LogP contribution in [0.5, 0.6) is 11.5 Å². The Morgan fingerprint density at radius 1 is 1.11 bits per heavy atom. The number of amides is 1. The molecular formula is C31H36N2O5. The highest BCUT2D eigenvalue weighted by Gasteiger charge is 2.47. The maximum Gasteiger partial charge on any atom is 0.410 e. The second kappa shape index (κ2) is 9.53. The zero-order valence-electron chi connectivity index (χ0n) is 23.0. The minimum atomic E-state index is -0.577. The zero-order chi connectivity index (χ0) is 27.2. The lowest BCUT2D eigenvalue weighted by Crippen LogP contribution is -2.50. The van der Waals surface area contributed by atoms with Gasteiger partial charge in [0.2, 0.25) is 0 Å². The van der Waals surface area contributed by atoms with Crippen LogP contribution in [0.1, 0.15) is 62.5 Å². The molecule has 2 atom stereocenters. The van der Waals surface area contributed by atoms with Gasteiger partial charge in [-0.1, -0.05) is 36.4 Å². The van der Waals surface area contributed by atoms with Gasteiger partial charge in [-0.3, -0.25) is 4.79 Å². The van der Waals surface area contributed by atoms with E-state index in [1.807, 2.05) is 88.1 Å². The highest BCUT2D eigenvalue weighted by atomic mass is 16.6. The molecule has 2 aromatic rings. The maximum absolute atomic E-state index is 13.5. The molecule has 7 nitrogen and oxygen atoms in total. The van der Waals surface area contributed by atoms with Crippen LogP contribution in [0.15, 0.2) is 48.6 Å². The predicted molar refractivity (Wildman–Crippen MR) is 149 cm³/mol. The van der Waals surface area contributed by atoms with Gasteiger partial charge in [-0.2, -0.15) is 0 Å². The topological polar surface area (TPSA) is 68.3 Å². The molecule has 0 aromatic heterocycles. The van der Waals surface area contributed by atoms with Gasteiger partial charge >= 0.3 is 6.09 Å². The number of allylic oxidation sites excluding steroid dienone is 1. The van der Waals surface area contributed by atoms with Crippen molar-refractivity contribution in [2.45, 2.75) is 64.3 Å². The highest BCUT2D eigenvalue weighted by Crippen LogP contribution is 2.47. The third kappa shape index (κ3) is 5.02. The molecule has 3 aliphatic heterocycles. The number of ketones is 1. The van der Waals surface area contributed by atoms with E-state index in [4.69, 9.17) is 14.2 Å². The summed E-state index contributed by atoms with van der Waals surface area (Å²) in [6.07, 6.45) is 8.03. The first kappa shape index (κ1) is 25.9. The van der Waals surface area contributed by atoms with E-state index in [9.17, 15) is 9.59 Å². The molecule has 200 valence electrons. The number of hydrogen-bond acceptors (Lipinski definition) is 6. The second-order valence-electron chi connectivity index (χ2n) is 11.7. The summed E-state index contributed by atoms with van der Waals surface area (Å²) < 4.78 is 17.8. The van der Waals surface area contributed by atoms with Crippen molar-refractivity contribution in [3.05, 3.63) is 65.2 Å². The van der Waals surface area contributed by atoms with E-state index < -0.39 is 11.2 Å². The van der Waals surface area contributed by atoms with Gasteiger partial charge in [0.15, 0.2) is 5.78 Å². The lowest BCUT2D eigenvalue weighted by molar-refractivity contribution is 0.0214. The Kier molecular flexibility index (Phi) is 6.49. The number of rotatable bonds is 5. The number of nitrogens with zero attached hydrogens (tertiary/aromatic N) is 2. The third-order valence-electron chi connectivity index (χ3n) is 7.15. The van der Waals surface area contributed by atoms with Crippen LogP contribution in [0.25, 0.3) is 12.2 Å². The van der Waals surface area contributed by atoms with Crippen LogP contribution in [0.3, 0.4) is 0 Å². The lowest BCUT2D eigenvalue weighted by atomic mass is 9.94. The van der Waals surface area contributed by atoms with Gasteiger partial charge < -0.3 is 24.0 Å². The highest BCUT2D eigenvalue weighted by molar-refractivity contribution is 6.12. The SMILES string of the molecule is COc1cc(N2C[C@@H]3C[C@H]2CN3C(=O)OC(C)(C)C)c2c(c1C(=O)C=Cc1ccccc1)OC(C)(C)C=C2. The summed E-state index contributed by atoms with van der Waals surface area (Å²) in [6, 6.07) is 11.9. The summed E-state index contributed by atoms with van der Waals surface area (Å²) in [5, 5.41) is 0. The number of methoxy groups -OCH3 is 1. The molecule has 3 heterocycles. The molecule has 0 aliphatic carbocycles. The largest absolute Gasteiger partial charge is 0.496 e. The molecule has 3 aliphatic rings. The molecule has 1 amide bonds. The molecule has 2 fully saturated rings. The van der Waals surface area contributed by atoms with Gasteiger partial charge in [0.25, 0.3) is 0 Å². The van der Waals surface area contributed by atoms with E-state index in [1.54, 1.807) is 19.3 Å². The standard InChI is InChI=1S/C31H36N2O5/c1-30(2,3)38-29(35)33-19-21-16-22(33)18-32(21)24-17-26(36-6)27(28-23(24)14-15-31(4,5)37-28)25(34)13-12-20-10-8-7-9-11-20/h7-15,17,21-22H,16,18-19H2,1-6H3/t21-,22-/m0/s1. The Balaban J connectivity index is 1.49. The third-order valence-corrected chi connectivity index (χ3v) is 7.15. The van der Waals surface area contributed by atoms with E-state index in [0.717, 1.165) is 23.2 Å². The number of carbonyl (C=O) groups excluding carboxylic acids is 2. The number of ether oxygens (including phenoxy) is 3. The molecule has 2 bridgehead atoms. The van der Waals surface area contributed by atoms with Gasteiger partial charge in [-0.05, 0) is 64.8 Å². The first-order valence-corrected chi connectivity index (χ1v) is 13.1. The molecule has 2 aromatic carbocycles. The minimum absolute atomic E-state index is 0.0662. The van der Waals surface area contributed by atoms with Crippen LogP contribution in [0.4, 0.5) is 10.5 Å². The summed E-state index contributed by atoms with van der Waals surface area (Å²) in [7, 11) is 1.58. The van der Waals surface area contributed by atoms with Crippen molar-refractivity contribution >= 4 is 29.7 Å². The molecule has 5 rings (SSSR count). The van der Waals surface area contributed by atoms with Crippen molar-refractivity contribution in [1.82, 2.24) is 4.90 Å². The molecule has 7 heteroatoms. The van der Waals surface area contributed by atoms with E-state index in [2.05, 4.69) is 4.90 Å². The van der Waals surface area contributed by atoms with Gasteiger partial charge in [-0.15, -0.1) is 0 Å². The van der Waals surface area contributed by atoms with Crippen LogP contribution in [-0.4, -0.2) is 60.3 Å². The Morgan fingerprint density at radius 2 is 1.84 bits per heavy atom. The van der Waals surface area contributed by atoms with Crippen LogP contribution >= 0.6 is 0 Å². The average molecular weight is 517 g/mol. The maximum atomic E-state index is 13.5.